The van der Waals surface area contributed by atoms with Crippen molar-refractivity contribution in [3.05, 3.63) is 45.4 Å². The Morgan fingerprint density at radius 1 is 1.18 bits per heavy atom. The van der Waals surface area contributed by atoms with Gasteiger partial charge in [0.1, 0.15) is 0 Å². The van der Waals surface area contributed by atoms with Crippen molar-refractivity contribution >= 4 is 17.0 Å². The zero-order chi connectivity index (χ0) is 11.7. The van der Waals surface area contributed by atoms with E-state index in [9.17, 15) is 0 Å². The third kappa shape index (κ3) is 2.20. The largest absolute Gasteiger partial charge is 0.398 e. The monoisotopic (exact) mass is 244 g/mol. The molecule has 0 saturated heterocycles. The van der Waals surface area contributed by atoms with Crippen molar-refractivity contribution in [1.82, 2.24) is 4.98 Å². The molecule has 2 aromatic rings. The zero-order valence-corrected chi connectivity index (χ0v) is 10.6. The van der Waals surface area contributed by atoms with Crippen LogP contribution < -0.4 is 5.73 Å². The van der Waals surface area contributed by atoms with Crippen LogP contribution >= 0.6 is 11.3 Å². The lowest BCUT2D eigenvalue weighted by atomic mass is 10.0. The SMILES string of the molecule is Nc1ccccc1Cc1nc2c(s1)CCCC2. The van der Waals surface area contributed by atoms with Crippen LogP contribution in [0, 0.1) is 0 Å². The van der Waals surface area contributed by atoms with E-state index in [0.29, 0.717) is 0 Å². The quantitative estimate of drug-likeness (QED) is 0.824. The van der Waals surface area contributed by atoms with E-state index in [1.54, 1.807) is 0 Å². The van der Waals surface area contributed by atoms with Crippen LogP contribution in [0.1, 0.15) is 34.0 Å². The lowest BCUT2D eigenvalue weighted by Gasteiger charge is -2.06. The molecule has 0 radical (unpaired) electrons. The molecule has 0 amide bonds. The fourth-order valence-corrected chi connectivity index (χ4v) is 3.52. The van der Waals surface area contributed by atoms with E-state index in [1.807, 2.05) is 29.5 Å². The second kappa shape index (κ2) is 4.49. The van der Waals surface area contributed by atoms with Crippen molar-refractivity contribution < 1.29 is 0 Å². The van der Waals surface area contributed by atoms with Crippen molar-refractivity contribution in [2.45, 2.75) is 32.1 Å². The summed E-state index contributed by atoms with van der Waals surface area (Å²) in [5, 5.41) is 1.22. The van der Waals surface area contributed by atoms with Gasteiger partial charge in [-0.25, -0.2) is 4.98 Å². The maximum absolute atomic E-state index is 5.97. The number of thiazole rings is 1. The van der Waals surface area contributed by atoms with E-state index in [2.05, 4.69) is 6.07 Å². The highest BCUT2D eigenvalue weighted by atomic mass is 32.1. The van der Waals surface area contributed by atoms with Gasteiger partial charge in [0.05, 0.1) is 10.7 Å². The molecule has 2 N–H and O–H groups in total. The van der Waals surface area contributed by atoms with Gasteiger partial charge in [-0.05, 0) is 37.3 Å². The normalized spacial score (nSPS) is 14.6. The highest BCUT2D eigenvalue weighted by Gasteiger charge is 2.15. The van der Waals surface area contributed by atoms with Crippen LogP contribution in [0.5, 0.6) is 0 Å². The summed E-state index contributed by atoms with van der Waals surface area (Å²) >= 11 is 1.87. The number of aryl methyl sites for hydroxylation is 2. The van der Waals surface area contributed by atoms with E-state index in [4.69, 9.17) is 10.7 Å². The first kappa shape index (κ1) is 10.8. The van der Waals surface area contributed by atoms with Crippen molar-refractivity contribution in [3.8, 4) is 0 Å². The Bertz CT molecular complexity index is 507. The summed E-state index contributed by atoms with van der Waals surface area (Å²) in [5.41, 5.74) is 9.37. The molecule has 1 heterocycles. The summed E-state index contributed by atoms with van der Waals surface area (Å²) in [4.78, 5) is 6.25. The van der Waals surface area contributed by atoms with Gasteiger partial charge in [-0.1, -0.05) is 18.2 Å². The van der Waals surface area contributed by atoms with Crippen molar-refractivity contribution in [3.63, 3.8) is 0 Å². The van der Waals surface area contributed by atoms with E-state index in [0.717, 1.165) is 18.5 Å². The molecule has 2 nitrogen and oxygen atoms in total. The number of benzene rings is 1. The van der Waals surface area contributed by atoms with Crippen molar-refractivity contribution in [2.24, 2.45) is 0 Å². The molecule has 1 aliphatic rings. The predicted octanol–water partition coefficient (Wildman–Crippen LogP) is 3.19. The third-order valence-electron chi connectivity index (χ3n) is 3.29. The molecule has 0 unspecified atom stereocenters. The second-order valence-corrected chi connectivity index (χ2v) is 5.73. The lowest BCUT2D eigenvalue weighted by Crippen LogP contribution is -1.99. The molecule has 0 atom stereocenters. The van der Waals surface area contributed by atoms with Crippen molar-refractivity contribution in [1.29, 1.82) is 0 Å². The number of hydrogen-bond donors (Lipinski definition) is 1. The smallest absolute Gasteiger partial charge is 0.0975 e. The van der Waals surface area contributed by atoms with Gasteiger partial charge in [0.25, 0.3) is 0 Å². The molecule has 3 heteroatoms. The molecule has 0 fully saturated rings. The number of para-hydroxylation sites is 1. The Labute approximate surface area is 106 Å². The van der Waals surface area contributed by atoms with Crippen LogP contribution in [0.25, 0.3) is 0 Å². The highest BCUT2D eigenvalue weighted by molar-refractivity contribution is 7.11. The molecule has 0 bridgehead atoms. The molecular weight excluding hydrogens is 228 g/mol. The second-order valence-electron chi connectivity index (χ2n) is 4.56. The average molecular weight is 244 g/mol. The molecule has 0 saturated carbocycles. The van der Waals surface area contributed by atoms with E-state index in [1.165, 1.54) is 40.4 Å². The molecule has 17 heavy (non-hydrogen) atoms. The summed E-state index contributed by atoms with van der Waals surface area (Å²) in [7, 11) is 0. The maximum Gasteiger partial charge on any atom is 0.0975 e. The summed E-state index contributed by atoms with van der Waals surface area (Å²) in [5.74, 6) is 0. The van der Waals surface area contributed by atoms with Gasteiger partial charge in [-0.15, -0.1) is 11.3 Å². The molecule has 0 spiro atoms. The predicted molar refractivity (Wildman–Crippen MR) is 72.4 cm³/mol. The number of fused-ring (bicyclic) bond motifs is 1. The van der Waals surface area contributed by atoms with Gasteiger partial charge < -0.3 is 5.73 Å². The fraction of sp³-hybridized carbons (Fsp3) is 0.357. The molecule has 1 aromatic heterocycles. The van der Waals surface area contributed by atoms with Gasteiger partial charge >= 0.3 is 0 Å². The molecule has 88 valence electrons. The van der Waals surface area contributed by atoms with Gasteiger partial charge in [-0.2, -0.15) is 0 Å². The van der Waals surface area contributed by atoms with Crippen LogP contribution in [-0.2, 0) is 19.3 Å². The van der Waals surface area contributed by atoms with Crippen LogP contribution in [0.15, 0.2) is 24.3 Å². The minimum absolute atomic E-state index is 0.876. The Kier molecular flexibility index (Phi) is 2.85. The number of nitrogens with zero attached hydrogens (tertiary/aromatic N) is 1. The topological polar surface area (TPSA) is 38.9 Å². The van der Waals surface area contributed by atoms with Gasteiger partial charge in [-0.3, -0.25) is 0 Å². The minimum Gasteiger partial charge on any atom is -0.398 e. The van der Waals surface area contributed by atoms with Crippen molar-refractivity contribution in [2.75, 3.05) is 5.73 Å². The first-order valence-corrected chi connectivity index (χ1v) is 6.95. The molecule has 1 aromatic carbocycles. The number of rotatable bonds is 2. The number of anilines is 1. The Morgan fingerprint density at radius 3 is 2.82 bits per heavy atom. The van der Waals surface area contributed by atoms with Gasteiger partial charge in [0, 0.05) is 17.0 Å². The Hall–Kier alpha value is -1.35. The summed E-state index contributed by atoms with van der Waals surface area (Å²) in [6.07, 6.45) is 5.88. The van der Waals surface area contributed by atoms with E-state index < -0.39 is 0 Å². The van der Waals surface area contributed by atoms with E-state index >= 15 is 0 Å². The maximum atomic E-state index is 5.97. The van der Waals surface area contributed by atoms with Crippen LogP contribution in [0.2, 0.25) is 0 Å². The number of nitrogens with two attached hydrogens (primary N) is 1. The molecule has 3 rings (SSSR count). The Balaban J connectivity index is 1.86. The Morgan fingerprint density at radius 2 is 2.00 bits per heavy atom. The first-order chi connectivity index (χ1) is 8.33. The lowest BCUT2D eigenvalue weighted by molar-refractivity contribution is 0.681. The average Bonchev–Trinajstić information content (AvgIpc) is 2.74. The fourth-order valence-electron chi connectivity index (χ4n) is 2.34. The zero-order valence-electron chi connectivity index (χ0n) is 9.78. The molecule has 0 aliphatic heterocycles. The third-order valence-corrected chi connectivity index (χ3v) is 4.44. The van der Waals surface area contributed by atoms with Gasteiger partial charge in [0.2, 0.25) is 0 Å². The highest BCUT2D eigenvalue weighted by Crippen LogP contribution is 2.28. The summed E-state index contributed by atoms with van der Waals surface area (Å²) < 4.78 is 0. The first-order valence-electron chi connectivity index (χ1n) is 6.14. The summed E-state index contributed by atoms with van der Waals surface area (Å²) in [6, 6.07) is 8.07. The number of nitrogen functional groups attached to an aromatic ring is 1. The summed E-state index contributed by atoms with van der Waals surface area (Å²) in [6.45, 7) is 0. The minimum atomic E-state index is 0.876. The van der Waals surface area contributed by atoms with Crippen LogP contribution in [0.3, 0.4) is 0 Å². The van der Waals surface area contributed by atoms with Gasteiger partial charge in [0.15, 0.2) is 0 Å². The number of aromatic nitrogens is 1. The standard InChI is InChI=1S/C14H16N2S/c15-11-6-2-1-5-10(11)9-14-16-12-7-3-4-8-13(12)17-14/h1-2,5-6H,3-4,7-9,15H2. The van der Waals surface area contributed by atoms with Crippen LogP contribution in [-0.4, -0.2) is 4.98 Å². The van der Waals surface area contributed by atoms with E-state index in [-0.39, 0.29) is 0 Å². The van der Waals surface area contributed by atoms with Crippen LogP contribution in [0.4, 0.5) is 5.69 Å². The molecule has 1 aliphatic carbocycles. The molecular formula is C14H16N2S. The number of hydrogen-bond acceptors (Lipinski definition) is 3.